The van der Waals surface area contributed by atoms with E-state index in [0.717, 1.165) is 4.57 Å². The molecule has 0 aromatic carbocycles. The standard InChI is InChI=1S/C9H10IN5O5/c10-4-2-15(8(19)12-7(4)18)6-1-5(17)9(3-16,20-6)13-14-11/h2,5-6,16-17H,1,3H2,(H,12,18,19)/t5-,6-,9+/m0/s1. The van der Waals surface area contributed by atoms with Gasteiger partial charge >= 0.3 is 5.69 Å². The van der Waals surface area contributed by atoms with Crippen LogP contribution in [0.5, 0.6) is 0 Å². The van der Waals surface area contributed by atoms with E-state index in [-0.39, 0.29) is 9.99 Å². The summed E-state index contributed by atoms with van der Waals surface area (Å²) < 4.78 is 6.65. The Kier molecular flexibility index (Phi) is 4.15. The van der Waals surface area contributed by atoms with E-state index in [9.17, 15) is 19.8 Å². The lowest BCUT2D eigenvalue weighted by molar-refractivity contribution is -0.124. The zero-order valence-electron chi connectivity index (χ0n) is 9.93. The molecule has 20 heavy (non-hydrogen) atoms. The number of H-pyrrole nitrogens is 1. The third-order valence-electron chi connectivity index (χ3n) is 2.96. The zero-order valence-corrected chi connectivity index (χ0v) is 12.1. The largest absolute Gasteiger partial charge is 0.393 e. The van der Waals surface area contributed by atoms with Crippen molar-refractivity contribution >= 4 is 22.6 Å². The van der Waals surface area contributed by atoms with Crippen molar-refractivity contribution in [3.05, 3.63) is 41.0 Å². The molecule has 0 saturated carbocycles. The molecule has 0 spiro atoms. The van der Waals surface area contributed by atoms with E-state index in [1.54, 1.807) is 22.6 Å². The second-order valence-electron chi connectivity index (χ2n) is 4.16. The Morgan fingerprint density at radius 1 is 1.70 bits per heavy atom. The highest BCUT2D eigenvalue weighted by atomic mass is 127. The number of aliphatic hydroxyl groups is 2. The molecule has 0 bridgehead atoms. The second kappa shape index (κ2) is 5.54. The topological polar surface area (TPSA) is 153 Å². The van der Waals surface area contributed by atoms with E-state index in [1.807, 2.05) is 0 Å². The van der Waals surface area contributed by atoms with Crippen LogP contribution in [0.15, 0.2) is 20.9 Å². The number of ether oxygens (including phenoxy) is 1. The highest BCUT2D eigenvalue weighted by Gasteiger charge is 2.48. The number of aromatic nitrogens is 2. The number of aromatic amines is 1. The van der Waals surface area contributed by atoms with Crippen LogP contribution in [-0.2, 0) is 4.74 Å². The van der Waals surface area contributed by atoms with Crippen molar-refractivity contribution in [3.63, 3.8) is 0 Å². The molecule has 2 heterocycles. The molecular formula is C9H10IN5O5. The summed E-state index contributed by atoms with van der Waals surface area (Å²) in [5.74, 6) is 0. The summed E-state index contributed by atoms with van der Waals surface area (Å²) >= 11 is 1.74. The maximum atomic E-state index is 11.7. The van der Waals surface area contributed by atoms with Crippen molar-refractivity contribution in [1.29, 1.82) is 0 Å². The molecule has 11 heteroatoms. The summed E-state index contributed by atoms with van der Waals surface area (Å²) in [6, 6.07) is 0. The molecule has 2 rings (SSSR count). The molecule has 10 nitrogen and oxygen atoms in total. The Hall–Kier alpha value is -1.40. The number of nitrogens with zero attached hydrogens (tertiary/aromatic N) is 4. The number of halogens is 1. The van der Waals surface area contributed by atoms with Gasteiger partial charge in [-0.1, -0.05) is 5.11 Å². The van der Waals surface area contributed by atoms with Gasteiger partial charge in [-0.25, -0.2) is 4.79 Å². The minimum absolute atomic E-state index is 0.0678. The van der Waals surface area contributed by atoms with Crippen LogP contribution < -0.4 is 11.2 Å². The fourth-order valence-corrected chi connectivity index (χ4v) is 2.36. The predicted octanol–water partition coefficient (Wildman–Crippen LogP) is -0.580. The SMILES string of the molecule is [N-]=[N+]=N[C@]1(CO)O[C@H](n2cc(I)c(=O)[nH]c2=O)C[C@@H]1O. The molecule has 3 atom stereocenters. The van der Waals surface area contributed by atoms with Gasteiger partial charge in [-0.3, -0.25) is 14.3 Å². The summed E-state index contributed by atoms with van der Waals surface area (Å²) in [6.45, 7) is -0.732. The molecular weight excluding hydrogens is 385 g/mol. The Morgan fingerprint density at radius 3 is 3.00 bits per heavy atom. The molecule has 0 amide bonds. The smallest absolute Gasteiger partial charge is 0.330 e. The van der Waals surface area contributed by atoms with Gasteiger partial charge in [0.15, 0.2) is 5.72 Å². The van der Waals surface area contributed by atoms with Crippen LogP contribution in [0, 0.1) is 3.57 Å². The van der Waals surface area contributed by atoms with Crippen molar-refractivity contribution in [1.82, 2.24) is 9.55 Å². The first-order valence-electron chi connectivity index (χ1n) is 5.47. The maximum absolute atomic E-state index is 11.7. The Bertz CT molecular complexity index is 680. The summed E-state index contributed by atoms with van der Waals surface area (Å²) in [7, 11) is 0. The van der Waals surface area contributed by atoms with E-state index in [2.05, 4.69) is 15.0 Å². The second-order valence-corrected chi connectivity index (χ2v) is 5.32. The predicted molar refractivity (Wildman–Crippen MR) is 73.7 cm³/mol. The Morgan fingerprint density at radius 2 is 2.40 bits per heavy atom. The lowest BCUT2D eigenvalue weighted by Crippen LogP contribution is -2.41. The van der Waals surface area contributed by atoms with Crippen LogP contribution in [0.3, 0.4) is 0 Å². The molecule has 1 aliphatic rings. The summed E-state index contributed by atoms with van der Waals surface area (Å²) in [5.41, 5.74) is 5.39. The van der Waals surface area contributed by atoms with Crippen LogP contribution in [-0.4, -0.2) is 38.2 Å². The maximum Gasteiger partial charge on any atom is 0.330 e. The first kappa shape index (κ1) is 15.0. The summed E-state index contributed by atoms with van der Waals surface area (Å²) in [4.78, 5) is 27.6. The number of aliphatic hydroxyl groups excluding tert-OH is 2. The van der Waals surface area contributed by atoms with Gasteiger partial charge in [-0.15, -0.1) is 0 Å². The highest BCUT2D eigenvalue weighted by molar-refractivity contribution is 14.1. The molecule has 3 N–H and O–H groups in total. The molecule has 1 saturated heterocycles. The van der Waals surface area contributed by atoms with Crippen LogP contribution >= 0.6 is 22.6 Å². The molecule has 0 aliphatic carbocycles. The number of rotatable bonds is 3. The van der Waals surface area contributed by atoms with Gasteiger partial charge in [0.25, 0.3) is 5.56 Å². The number of nitrogens with one attached hydrogen (secondary N) is 1. The minimum Gasteiger partial charge on any atom is -0.393 e. The van der Waals surface area contributed by atoms with Crippen LogP contribution in [0.25, 0.3) is 10.4 Å². The normalized spacial score (nSPS) is 29.1. The number of azide groups is 1. The molecule has 1 aromatic heterocycles. The van der Waals surface area contributed by atoms with E-state index in [4.69, 9.17) is 10.3 Å². The average Bonchev–Trinajstić information content (AvgIpc) is 2.72. The lowest BCUT2D eigenvalue weighted by Gasteiger charge is -2.24. The fraction of sp³-hybridized carbons (Fsp3) is 0.556. The van der Waals surface area contributed by atoms with Crippen molar-refractivity contribution in [3.8, 4) is 0 Å². The van der Waals surface area contributed by atoms with Crippen LogP contribution in [0.2, 0.25) is 0 Å². The van der Waals surface area contributed by atoms with Gasteiger partial charge < -0.3 is 14.9 Å². The van der Waals surface area contributed by atoms with Gasteiger partial charge in [-0.2, -0.15) is 0 Å². The monoisotopic (exact) mass is 395 g/mol. The van der Waals surface area contributed by atoms with E-state index >= 15 is 0 Å². The molecule has 1 aromatic rings. The van der Waals surface area contributed by atoms with Gasteiger partial charge in [-0.05, 0) is 28.1 Å². The summed E-state index contributed by atoms with van der Waals surface area (Å²) in [6.07, 6.45) is -1.03. The van der Waals surface area contributed by atoms with Crippen molar-refractivity contribution in [2.45, 2.75) is 24.5 Å². The first-order chi connectivity index (χ1) is 9.43. The quantitative estimate of drug-likeness (QED) is 0.271. The Balaban J connectivity index is 2.43. The van der Waals surface area contributed by atoms with E-state index in [0.29, 0.717) is 0 Å². The van der Waals surface area contributed by atoms with Gasteiger partial charge in [0.2, 0.25) is 0 Å². The number of hydrogen-bond acceptors (Lipinski definition) is 6. The van der Waals surface area contributed by atoms with Crippen molar-refractivity contribution < 1.29 is 14.9 Å². The molecule has 1 aliphatic heterocycles. The van der Waals surface area contributed by atoms with E-state index < -0.39 is 35.9 Å². The van der Waals surface area contributed by atoms with Crippen molar-refractivity contribution in [2.75, 3.05) is 6.61 Å². The fourth-order valence-electron chi connectivity index (χ4n) is 1.92. The van der Waals surface area contributed by atoms with Gasteiger partial charge in [0.05, 0.1) is 16.3 Å². The zero-order chi connectivity index (χ0) is 14.9. The van der Waals surface area contributed by atoms with E-state index in [1.165, 1.54) is 6.20 Å². The summed E-state index contributed by atoms with van der Waals surface area (Å²) in [5, 5.41) is 22.4. The average molecular weight is 395 g/mol. The minimum atomic E-state index is -1.83. The molecule has 0 unspecified atom stereocenters. The molecule has 0 radical (unpaired) electrons. The molecule has 1 fully saturated rings. The number of hydrogen-bond donors (Lipinski definition) is 3. The van der Waals surface area contributed by atoms with Gasteiger partial charge in [0.1, 0.15) is 6.23 Å². The van der Waals surface area contributed by atoms with Crippen molar-refractivity contribution in [2.24, 2.45) is 5.11 Å². The lowest BCUT2D eigenvalue weighted by atomic mass is 10.1. The first-order valence-corrected chi connectivity index (χ1v) is 6.55. The van der Waals surface area contributed by atoms with Crippen LogP contribution in [0.4, 0.5) is 0 Å². The van der Waals surface area contributed by atoms with Crippen LogP contribution in [0.1, 0.15) is 12.6 Å². The third kappa shape index (κ3) is 2.45. The Labute approximate surface area is 124 Å². The van der Waals surface area contributed by atoms with Gasteiger partial charge in [0, 0.05) is 17.5 Å². The molecule has 108 valence electrons. The third-order valence-corrected chi connectivity index (χ3v) is 3.73. The highest BCUT2D eigenvalue weighted by Crippen LogP contribution is 2.37.